The molecular weight excluding hydrogens is 374 g/mol. The first-order chi connectivity index (χ1) is 13.9. The SMILES string of the molecule is CCOC(=O)C(Cc1ccccc1)n1c(O)cc(Cc2ccc(O)cc2O)c1O. The average molecular weight is 397 g/mol. The second-order valence-corrected chi connectivity index (χ2v) is 6.67. The molecule has 3 rings (SSSR count). The number of benzene rings is 2. The van der Waals surface area contributed by atoms with Crippen molar-refractivity contribution in [3.8, 4) is 23.3 Å². The van der Waals surface area contributed by atoms with Gasteiger partial charge in [-0.3, -0.25) is 4.57 Å². The zero-order valence-electron chi connectivity index (χ0n) is 15.9. The largest absolute Gasteiger partial charge is 0.508 e. The lowest BCUT2D eigenvalue weighted by Crippen LogP contribution is -2.23. The van der Waals surface area contributed by atoms with Gasteiger partial charge >= 0.3 is 5.97 Å². The summed E-state index contributed by atoms with van der Waals surface area (Å²) in [7, 11) is 0. The molecule has 2 aromatic carbocycles. The third-order valence-electron chi connectivity index (χ3n) is 4.66. The number of esters is 1. The molecule has 29 heavy (non-hydrogen) atoms. The molecule has 1 aromatic heterocycles. The van der Waals surface area contributed by atoms with Crippen LogP contribution in [0.2, 0.25) is 0 Å². The van der Waals surface area contributed by atoms with E-state index in [1.807, 2.05) is 30.3 Å². The highest BCUT2D eigenvalue weighted by Crippen LogP contribution is 2.36. The standard InChI is InChI=1S/C22H23NO6/c1-2-29-22(28)18(10-14-6-4-3-5-7-14)23-20(26)12-16(21(23)27)11-15-8-9-17(24)13-19(15)25/h3-9,12-13,18,24-27H,2,10-11H2,1H3. The number of phenolic OH excluding ortho intramolecular Hbond substituents is 2. The van der Waals surface area contributed by atoms with Crippen molar-refractivity contribution in [3.05, 3.63) is 71.3 Å². The van der Waals surface area contributed by atoms with E-state index in [-0.39, 0.29) is 42.7 Å². The quantitative estimate of drug-likeness (QED) is 0.455. The first kappa shape index (κ1) is 20.1. The Kier molecular flexibility index (Phi) is 5.97. The molecule has 0 saturated heterocycles. The maximum Gasteiger partial charge on any atom is 0.329 e. The van der Waals surface area contributed by atoms with Crippen molar-refractivity contribution >= 4 is 5.97 Å². The Morgan fingerprint density at radius 3 is 2.38 bits per heavy atom. The van der Waals surface area contributed by atoms with Crippen LogP contribution in [0, 0.1) is 0 Å². The maximum absolute atomic E-state index is 12.6. The van der Waals surface area contributed by atoms with E-state index in [1.54, 1.807) is 6.92 Å². The first-order valence-corrected chi connectivity index (χ1v) is 9.24. The van der Waals surface area contributed by atoms with Gasteiger partial charge in [0.25, 0.3) is 0 Å². The summed E-state index contributed by atoms with van der Waals surface area (Å²) in [6.07, 6.45) is 0.318. The summed E-state index contributed by atoms with van der Waals surface area (Å²) in [5, 5.41) is 40.6. The Morgan fingerprint density at radius 2 is 1.72 bits per heavy atom. The van der Waals surface area contributed by atoms with Gasteiger partial charge in [0.2, 0.25) is 0 Å². The van der Waals surface area contributed by atoms with E-state index in [9.17, 15) is 25.2 Å². The van der Waals surface area contributed by atoms with E-state index in [0.29, 0.717) is 11.1 Å². The van der Waals surface area contributed by atoms with Crippen molar-refractivity contribution in [1.82, 2.24) is 4.57 Å². The minimum atomic E-state index is -0.959. The fourth-order valence-electron chi connectivity index (χ4n) is 3.25. The number of hydrogen-bond acceptors (Lipinski definition) is 6. The molecule has 1 atom stereocenters. The molecular formula is C22H23NO6. The smallest absolute Gasteiger partial charge is 0.329 e. The molecule has 7 heteroatoms. The van der Waals surface area contributed by atoms with Crippen LogP contribution in [-0.4, -0.2) is 37.6 Å². The van der Waals surface area contributed by atoms with Gasteiger partial charge in [0, 0.05) is 30.5 Å². The summed E-state index contributed by atoms with van der Waals surface area (Å²) in [4.78, 5) is 12.6. The van der Waals surface area contributed by atoms with E-state index < -0.39 is 12.0 Å². The minimum Gasteiger partial charge on any atom is -0.508 e. The Balaban J connectivity index is 1.96. The van der Waals surface area contributed by atoms with Gasteiger partial charge in [-0.2, -0.15) is 0 Å². The van der Waals surface area contributed by atoms with Crippen LogP contribution in [0.4, 0.5) is 0 Å². The van der Waals surface area contributed by atoms with E-state index in [2.05, 4.69) is 0 Å². The highest BCUT2D eigenvalue weighted by atomic mass is 16.5. The topological polar surface area (TPSA) is 112 Å². The maximum atomic E-state index is 12.6. The molecule has 7 nitrogen and oxygen atoms in total. The van der Waals surface area contributed by atoms with Crippen LogP contribution >= 0.6 is 0 Å². The summed E-state index contributed by atoms with van der Waals surface area (Å²) < 4.78 is 6.29. The lowest BCUT2D eigenvalue weighted by molar-refractivity contribution is -0.147. The van der Waals surface area contributed by atoms with Crippen molar-refractivity contribution < 1.29 is 30.0 Å². The number of aromatic nitrogens is 1. The third-order valence-corrected chi connectivity index (χ3v) is 4.66. The molecule has 152 valence electrons. The Morgan fingerprint density at radius 1 is 1.00 bits per heavy atom. The lowest BCUT2D eigenvalue weighted by Gasteiger charge is -2.19. The van der Waals surface area contributed by atoms with Gasteiger partial charge in [-0.1, -0.05) is 36.4 Å². The second kappa shape index (κ2) is 8.60. The number of rotatable bonds is 7. The van der Waals surface area contributed by atoms with Crippen molar-refractivity contribution in [1.29, 1.82) is 0 Å². The van der Waals surface area contributed by atoms with Crippen LogP contribution in [0.1, 0.15) is 29.7 Å². The fourth-order valence-corrected chi connectivity index (χ4v) is 3.25. The normalized spacial score (nSPS) is 11.9. The number of ether oxygens (including phenoxy) is 1. The van der Waals surface area contributed by atoms with Crippen molar-refractivity contribution in [2.75, 3.05) is 6.61 Å². The first-order valence-electron chi connectivity index (χ1n) is 9.24. The summed E-state index contributed by atoms with van der Waals surface area (Å²) in [5.74, 6) is -1.37. The third kappa shape index (κ3) is 4.45. The molecule has 0 amide bonds. The molecule has 0 radical (unpaired) electrons. The van der Waals surface area contributed by atoms with Crippen molar-refractivity contribution in [2.24, 2.45) is 0 Å². The van der Waals surface area contributed by atoms with Crippen molar-refractivity contribution in [3.63, 3.8) is 0 Å². The van der Waals surface area contributed by atoms with Gasteiger partial charge in [-0.25, -0.2) is 4.79 Å². The predicted octanol–water partition coefficient (Wildman–Crippen LogP) is 3.25. The summed E-state index contributed by atoms with van der Waals surface area (Å²) >= 11 is 0. The van der Waals surface area contributed by atoms with Crippen LogP contribution in [0.15, 0.2) is 54.6 Å². The van der Waals surface area contributed by atoms with Crippen LogP contribution in [0.25, 0.3) is 0 Å². The van der Waals surface area contributed by atoms with Crippen molar-refractivity contribution in [2.45, 2.75) is 25.8 Å². The van der Waals surface area contributed by atoms with E-state index in [4.69, 9.17) is 4.74 Å². The monoisotopic (exact) mass is 397 g/mol. The minimum absolute atomic E-state index is 0.0823. The molecule has 0 spiro atoms. The van der Waals surface area contributed by atoms with Gasteiger partial charge in [-0.05, 0) is 24.1 Å². The number of aromatic hydroxyl groups is 4. The van der Waals surface area contributed by atoms with Gasteiger partial charge in [0.15, 0.2) is 11.8 Å². The lowest BCUT2D eigenvalue weighted by atomic mass is 10.1. The molecule has 0 bridgehead atoms. The van der Waals surface area contributed by atoms with E-state index >= 15 is 0 Å². The zero-order chi connectivity index (χ0) is 21.0. The predicted molar refractivity (Wildman–Crippen MR) is 106 cm³/mol. The summed E-state index contributed by atoms with van der Waals surface area (Å²) in [6, 6.07) is 13.7. The molecule has 0 fully saturated rings. The Bertz CT molecular complexity index is 996. The van der Waals surface area contributed by atoms with E-state index in [1.165, 1.54) is 24.3 Å². The summed E-state index contributed by atoms with van der Waals surface area (Å²) in [6.45, 7) is 1.85. The zero-order valence-corrected chi connectivity index (χ0v) is 15.9. The molecule has 0 aliphatic heterocycles. The molecule has 3 aromatic rings. The van der Waals surface area contributed by atoms with E-state index in [0.717, 1.165) is 10.1 Å². The summed E-state index contributed by atoms with van der Waals surface area (Å²) in [5.41, 5.74) is 1.62. The Hall–Kier alpha value is -3.61. The Labute approximate surface area is 168 Å². The van der Waals surface area contributed by atoms with Gasteiger partial charge in [0.05, 0.1) is 6.61 Å². The molecule has 1 unspecified atom stereocenters. The number of carbonyl (C=O) groups excluding carboxylic acids is 1. The molecule has 1 heterocycles. The highest BCUT2D eigenvalue weighted by molar-refractivity contribution is 5.75. The van der Waals surface area contributed by atoms with Gasteiger partial charge < -0.3 is 25.2 Å². The number of hydrogen-bond donors (Lipinski definition) is 4. The fraction of sp³-hybridized carbons (Fsp3) is 0.227. The van der Waals surface area contributed by atoms with Gasteiger partial charge in [0.1, 0.15) is 17.5 Å². The molecule has 0 aliphatic carbocycles. The second-order valence-electron chi connectivity index (χ2n) is 6.67. The van der Waals surface area contributed by atoms with Gasteiger partial charge in [-0.15, -0.1) is 0 Å². The van der Waals surface area contributed by atoms with Crippen LogP contribution < -0.4 is 0 Å². The highest BCUT2D eigenvalue weighted by Gasteiger charge is 2.29. The molecule has 0 aliphatic rings. The number of phenols is 2. The number of nitrogens with zero attached hydrogens (tertiary/aromatic N) is 1. The molecule has 0 saturated carbocycles. The average Bonchev–Trinajstić information content (AvgIpc) is 2.96. The van der Waals surface area contributed by atoms with Crippen LogP contribution in [0.5, 0.6) is 23.3 Å². The van der Waals surface area contributed by atoms with Crippen LogP contribution in [-0.2, 0) is 22.4 Å². The molecule has 4 N–H and O–H groups in total. The van der Waals surface area contributed by atoms with Crippen LogP contribution in [0.3, 0.4) is 0 Å². The number of carbonyl (C=O) groups is 1.